The normalized spacial score (nSPS) is 17.6. The van der Waals surface area contributed by atoms with E-state index in [-0.39, 0.29) is 18.4 Å². The molecule has 2 aliphatic rings. The van der Waals surface area contributed by atoms with Crippen LogP contribution in [0.2, 0.25) is 0 Å². The van der Waals surface area contributed by atoms with Crippen LogP contribution in [0.15, 0.2) is 42.5 Å². The summed E-state index contributed by atoms with van der Waals surface area (Å²) in [6.45, 7) is 2.16. The molecule has 1 unspecified atom stereocenters. The maximum atomic E-state index is 12.9. The fourth-order valence-corrected chi connectivity index (χ4v) is 4.00. The summed E-state index contributed by atoms with van der Waals surface area (Å²) in [6.07, 6.45) is 0.270. The van der Waals surface area contributed by atoms with Crippen LogP contribution in [-0.4, -0.2) is 74.7 Å². The highest BCUT2D eigenvalue weighted by atomic mass is 16.6. The molecule has 0 saturated carbocycles. The van der Waals surface area contributed by atoms with E-state index in [1.807, 2.05) is 41.3 Å². The molecule has 0 aromatic heterocycles. The van der Waals surface area contributed by atoms with Crippen LogP contribution < -0.4 is 18.9 Å². The van der Waals surface area contributed by atoms with E-state index < -0.39 is 6.10 Å². The van der Waals surface area contributed by atoms with Crippen molar-refractivity contribution in [2.75, 3.05) is 47.0 Å². The molecule has 1 saturated heterocycles. The number of carbonyl (C=O) groups excluding carboxylic acids is 2. The van der Waals surface area contributed by atoms with Crippen molar-refractivity contribution in [1.29, 1.82) is 0 Å². The number of piperazine rings is 1. The predicted molar refractivity (Wildman–Crippen MR) is 117 cm³/mol. The molecular weight excluding hydrogens is 412 g/mol. The van der Waals surface area contributed by atoms with Gasteiger partial charge in [-0.1, -0.05) is 12.1 Å². The molecule has 0 aliphatic carbocycles. The van der Waals surface area contributed by atoms with Gasteiger partial charge in [-0.05, 0) is 42.3 Å². The first-order chi connectivity index (χ1) is 15.6. The van der Waals surface area contributed by atoms with Crippen molar-refractivity contribution in [3.63, 3.8) is 0 Å². The van der Waals surface area contributed by atoms with Gasteiger partial charge in [0.2, 0.25) is 12.0 Å². The number of rotatable bonds is 6. The molecule has 1 fully saturated rings. The largest absolute Gasteiger partial charge is 0.497 e. The van der Waals surface area contributed by atoms with Crippen molar-refractivity contribution < 1.29 is 28.5 Å². The van der Waals surface area contributed by atoms with Gasteiger partial charge in [0, 0.05) is 32.6 Å². The Morgan fingerprint density at radius 2 is 1.69 bits per heavy atom. The zero-order valence-corrected chi connectivity index (χ0v) is 18.4. The van der Waals surface area contributed by atoms with Crippen LogP contribution in [0, 0.1) is 0 Å². The van der Waals surface area contributed by atoms with Crippen LogP contribution in [0.1, 0.15) is 12.0 Å². The lowest BCUT2D eigenvalue weighted by Gasteiger charge is -2.37. The maximum Gasteiger partial charge on any atom is 0.267 e. The van der Waals surface area contributed by atoms with Gasteiger partial charge in [0.1, 0.15) is 18.1 Å². The number of ether oxygens (including phenoxy) is 4. The van der Waals surface area contributed by atoms with Crippen molar-refractivity contribution in [1.82, 2.24) is 9.80 Å². The molecule has 2 aromatic rings. The topological polar surface area (TPSA) is 77.5 Å². The Balaban J connectivity index is 1.27. The summed E-state index contributed by atoms with van der Waals surface area (Å²) in [5.41, 5.74) is 0.934. The molecule has 2 aliphatic heterocycles. The van der Waals surface area contributed by atoms with E-state index >= 15 is 0 Å². The molecule has 8 nitrogen and oxygen atoms in total. The summed E-state index contributed by atoms with van der Waals surface area (Å²) in [4.78, 5) is 29.2. The second-order valence-electron chi connectivity index (χ2n) is 7.75. The van der Waals surface area contributed by atoms with Gasteiger partial charge in [-0.25, -0.2) is 0 Å². The molecule has 32 heavy (non-hydrogen) atoms. The van der Waals surface area contributed by atoms with Gasteiger partial charge in [0.15, 0.2) is 11.5 Å². The lowest BCUT2D eigenvalue weighted by Crippen LogP contribution is -2.55. The number of hydrogen-bond donors (Lipinski definition) is 0. The molecule has 0 radical (unpaired) electrons. The van der Waals surface area contributed by atoms with E-state index in [4.69, 9.17) is 18.9 Å². The van der Waals surface area contributed by atoms with E-state index in [1.54, 1.807) is 25.2 Å². The van der Waals surface area contributed by atoms with Gasteiger partial charge in [-0.2, -0.15) is 0 Å². The number of fused-ring (bicyclic) bond motifs is 1. The zero-order valence-electron chi connectivity index (χ0n) is 18.4. The van der Waals surface area contributed by atoms with Gasteiger partial charge in [-0.3, -0.25) is 9.59 Å². The van der Waals surface area contributed by atoms with Crippen LogP contribution >= 0.6 is 0 Å². The molecular formula is C24H28N2O6. The molecule has 0 N–H and O–H groups in total. The first-order valence-electron chi connectivity index (χ1n) is 10.7. The minimum absolute atomic E-state index is 0.0631. The number of carbonyl (C=O) groups is 2. The van der Waals surface area contributed by atoms with Crippen LogP contribution in [0.25, 0.3) is 0 Å². The van der Waals surface area contributed by atoms with Crippen LogP contribution in [-0.2, 0) is 16.0 Å². The summed E-state index contributed by atoms with van der Waals surface area (Å²) in [6, 6.07) is 12.9. The van der Waals surface area contributed by atoms with E-state index in [9.17, 15) is 9.59 Å². The SMILES string of the molecule is COc1ccc(OC)c(CCC(=O)N2CCN(C(=O)C3COc4ccccc4O3)CC2)c1. The molecule has 170 valence electrons. The maximum absolute atomic E-state index is 12.9. The third-order valence-corrected chi connectivity index (χ3v) is 5.82. The summed E-state index contributed by atoms with van der Waals surface area (Å²) >= 11 is 0. The highest BCUT2D eigenvalue weighted by Crippen LogP contribution is 2.31. The number of methoxy groups -OCH3 is 2. The van der Waals surface area contributed by atoms with Gasteiger partial charge in [-0.15, -0.1) is 0 Å². The summed E-state index contributed by atoms with van der Waals surface area (Å²) in [5.74, 6) is 2.67. The van der Waals surface area contributed by atoms with Gasteiger partial charge in [0.25, 0.3) is 5.91 Å². The van der Waals surface area contributed by atoms with E-state index in [2.05, 4.69) is 0 Å². The second kappa shape index (κ2) is 9.80. The monoisotopic (exact) mass is 440 g/mol. The Morgan fingerprint density at radius 3 is 2.41 bits per heavy atom. The highest BCUT2D eigenvalue weighted by molar-refractivity contribution is 5.82. The van der Waals surface area contributed by atoms with E-state index in [0.29, 0.717) is 50.5 Å². The molecule has 2 heterocycles. The van der Waals surface area contributed by atoms with Crippen molar-refractivity contribution in [3.05, 3.63) is 48.0 Å². The minimum atomic E-state index is -0.660. The molecule has 4 rings (SSSR count). The first kappa shape index (κ1) is 21.8. The van der Waals surface area contributed by atoms with E-state index in [1.165, 1.54) is 0 Å². The van der Waals surface area contributed by atoms with Gasteiger partial charge >= 0.3 is 0 Å². The number of benzene rings is 2. The Kier molecular flexibility index (Phi) is 6.68. The average Bonchev–Trinajstić information content (AvgIpc) is 2.86. The molecule has 8 heteroatoms. The number of hydrogen-bond acceptors (Lipinski definition) is 6. The molecule has 1 atom stereocenters. The van der Waals surface area contributed by atoms with Crippen LogP contribution in [0.5, 0.6) is 23.0 Å². The molecule has 2 aromatic carbocycles. The Labute approximate surface area is 187 Å². The third-order valence-electron chi connectivity index (χ3n) is 5.82. The number of aryl methyl sites for hydroxylation is 1. The summed E-state index contributed by atoms with van der Waals surface area (Å²) < 4.78 is 22.2. The second-order valence-corrected chi connectivity index (χ2v) is 7.75. The van der Waals surface area contributed by atoms with Crippen molar-refractivity contribution in [3.8, 4) is 23.0 Å². The smallest absolute Gasteiger partial charge is 0.267 e. The first-order valence-corrected chi connectivity index (χ1v) is 10.7. The average molecular weight is 440 g/mol. The Bertz CT molecular complexity index is 971. The minimum Gasteiger partial charge on any atom is -0.497 e. The fourth-order valence-electron chi connectivity index (χ4n) is 4.00. The van der Waals surface area contributed by atoms with Crippen molar-refractivity contribution in [2.45, 2.75) is 18.9 Å². The standard InChI is InChI=1S/C24H28N2O6/c1-29-18-8-9-19(30-2)17(15-18)7-10-23(27)25-11-13-26(14-12-25)24(28)22-16-31-20-5-3-4-6-21(20)32-22/h3-6,8-9,15,22H,7,10-14,16H2,1-2H3. The number of para-hydroxylation sites is 2. The van der Waals surface area contributed by atoms with Gasteiger partial charge < -0.3 is 28.7 Å². The summed E-state index contributed by atoms with van der Waals surface area (Å²) in [5, 5.41) is 0. The number of amides is 2. The third kappa shape index (κ3) is 4.74. The summed E-state index contributed by atoms with van der Waals surface area (Å²) in [7, 11) is 3.23. The highest BCUT2D eigenvalue weighted by Gasteiger charge is 2.33. The lowest BCUT2D eigenvalue weighted by atomic mass is 10.1. The van der Waals surface area contributed by atoms with Crippen molar-refractivity contribution >= 4 is 11.8 Å². The molecule has 2 amide bonds. The zero-order chi connectivity index (χ0) is 22.5. The predicted octanol–water partition coefficient (Wildman–Crippen LogP) is 2.15. The quantitative estimate of drug-likeness (QED) is 0.685. The van der Waals surface area contributed by atoms with Crippen LogP contribution in [0.3, 0.4) is 0 Å². The van der Waals surface area contributed by atoms with Gasteiger partial charge in [0.05, 0.1) is 14.2 Å². The lowest BCUT2D eigenvalue weighted by molar-refractivity contribution is -0.146. The fraction of sp³-hybridized carbons (Fsp3) is 0.417. The molecule has 0 bridgehead atoms. The Hall–Kier alpha value is -3.42. The number of nitrogens with zero attached hydrogens (tertiary/aromatic N) is 2. The van der Waals surface area contributed by atoms with E-state index in [0.717, 1.165) is 17.1 Å². The Morgan fingerprint density at radius 1 is 0.969 bits per heavy atom. The molecule has 0 spiro atoms. The van der Waals surface area contributed by atoms with Crippen molar-refractivity contribution in [2.24, 2.45) is 0 Å². The van der Waals surface area contributed by atoms with Crippen LogP contribution in [0.4, 0.5) is 0 Å².